The number of nitrogens with two attached hydrogens (primary N) is 4. The van der Waals surface area contributed by atoms with Gasteiger partial charge in [0.25, 0.3) is 0 Å². The molecule has 0 aromatic carbocycles. The van der Waals surface area contributed by atoms with Gasteiger partial charge < -0.3 is 64.8 Å². The molecule has 1 aliphatic rings. The van der Waals surface area contributed by atoms with Gasteiger partial charge in [-0.2, -0.15) is 0 Å². The van der Waals surface area contributed by atoms with Crippen LogP contribution in [-0.2, 0) is 33.6 Å². The molecule has 1 saturated heterocycles. The Bertz CT molecular complexity index is 1320. The predicted octanol–water partition coefficient (Wildman–Crippen LogP) is -2.33. The summed E-state index contributed by atoms with van der Waals surface area (Å²) < 4.78 is 0. The van der Waals surface area contributed by atoms with Gasteiger partial charge in [-0.05, 0) is 89.1 Å². The second kappa shape index (κ2) is 26.3. The van der Waals surface area contributed by atoms with Crippen LogP contribution in [0.25, 0.3) is 0 Å². The summed E-state index contributed by atoms with van der Waals surface area (Å²) in [6.07, 6.45) is 4.40. The Morgan fingerprint density at radius 1 is 0.750 bits per heavy atom. The van der Waals surface area contributed by atoms with Gasteiger partial charge in [0.15, 0.2) is 5.96 Å². The zero-order valence-electron chi connectivity index (χ0n) is 33.5. The smallest absolute Gasteiger partial charge is 0.326 e. The first kappa shape index (κ1) is 49.5. The van der Waals surface area contributed by atoms with Crippen LogP contribution in [0.2, 0.25) is 0 Å². The van der Waals surface area contributed by atoms with Gasteiger partial charge in [-0.25, -0.2) is 4.79 Å². The van der Waals surface area contributed by atoms with Crippen molar-refractivity contribution in [3.63, 3.8) is 0 Å². The van der Waals surface area contributed by atoms with Crippen LogP contribution < -0.4 is 54.8 Å². The molecule has 1 fully saturated rings. The van der Waals surface area contributed by atoms with E-state index in [1.807, 2.05) is 13.8 Å². The number of carboxylic acid groups (broad SMARTS) is 1. The van der Waals surface area contributed by atoms with Crippen LogP contribution in [0.1, 0.15) is 98.3 Å². The number of aliphatic carboxylic acids is 1. The van der Waals surface area contributed by atoms with Crippen LogP contribution in [-0.4, -0.2) is 126 Å². The van der Waals surface area contributed by atoms with E-state index in [9.17, 15) is 38.7 Å². The number of carbonyl (C=O) groups excluding carboxylic acids is 6. The van der Waals surface area contributed by atoms with Crippen molar-refractivity contribution in [3.05, 3.63) is 0 Å². The minimum atomic E-state index is -1.19. The number of unbranched alkanes of at least 4 members (excludes halogenated alkanes) is 2. The highest BCUT2D eigenvalue weighted by molar-refractivity contribution is 5.96. The average Bonchev–Trinajstić information content (AvgIpc) is 3.63. The van der Waals surface area contributed by atoms with Crippen LogP contribution in [0.15, 0.2) is 0 Å². The van der Waals surface area contributed by atoms with E-state index >= 15 is 0 Å². The van der Waals surface area contributed by atoms with Gasteiger partial charge in [-0.1, -0.05) is 34.1 Å². The number of guanidine groups is 1. The molecular formula is C36H68N12O8. The van der Waals surface area contributed by atoms with E-state index in [0.717, 1.165) is 0 Å². The minimum absolute atomic E-state index is 0.0807. The number of rotatable bonds is 27. The Labute approximate surface area is 330 Å². The van der Waals surface area contributed by atoms with Gasteiger partial charge in [0, 0.05) is 13.1 Å². The first-order valence-electron chi connectivity index (χ1n) is 19.7. The fourth-order valence-electron chi connectivity index (χ4n) is 6.21. The predicted molar refractivity (Wildman–Crippen MR) is 210 cm³/mol. The highest BCUT2D eigenvalue weighted by atomic mass is 16.4. The van der Waals surface area contributed by atoms with Crippen molar-refractivity contribution in [2.75, 3.05) is 32.7 Å². The van der Waals surface area contributed by atoms with Gasteiger partial charge >= 0.3 is 5.97 Å². The lowest BCUT2D eigenvalue weighted by molar-refractivity contribution is -0.144. The number of carbonyl (C=O) groups is 7. The second-order valence-electron chi connectivity index (χ2n) is 15.0. The summed E-state index contributed by atoms with van der Waals surface area (Å²) in [5.41, 5.74) is 22.5. The molecule has 0 radical (unpaired) electrons. The van der Waals surface area contributed by atoms with Crippen LogP contribution >= 0.6 is 0 Å². The molecule has 1 rings (SSSR count). The van der Waals surface area contributed by atoms with Crippen molar-refractivity contribution < 1.29 is 38.7 Å². The Morgan fingerprint density at radius 2 is 1.36 bits per heavy atom. The molecule has 6 atom stereocenters. The molecule has 0 spiro atoms. The summed E-state index contributed by atoms with van der Waals surface area (Å²) >= 11 is 0. The van der Waals surface area contributed by atoms with Crippen molar-refractivity contribution >= 4 is 47.4 Å². The zero-order valence-corrected chi connectivity index (χ0v) is 33.5. The molecule has 0 aromatic rings. The molecule has 1 aliphatic heterocycles. The summed E-state index contributed by atoms with van der Waals surface area (Å²) in [7, 11) is 0. The Morgan fingerprint density at radius 3 is 1.93 bits per heavy atom. The molecule has 320 valence electrons. The van der Waals surface area contributed by atoms with E-state index in [1.165, 1.54) is 4.90 Å². The van der Waals surface area contributed by atoms with Gasteiger partial charge in [-0.3, -0.25) is 34.2 Å². The maximum atomic E-state index is 13.8. The third-order valence-corrected chi connectivity index (χ3v) is 9.36. The monoisotopic (exact) mass is 797 g/mol. The standard InChI is InChI=1S/C36H68N12O8/c1-21(2)19-26(31(51)43-20-28(49)48-18-10-14-27(48)33(53)45-25(35(55)56)12-6-8-16-38)46-32(52)24(13-9-17-42-36(40)41)44-34(54)29(22(3)4)47-30(50)23(39)11-5-7-15-37/h21-27,29H,5-20,37-39H2,1-4H3,(H,43,51)(H,44,54)(H,45,53)(H,46,52)(H,47,50)(H,55,56)(H4,40,41,42)/t23-,24-,25-,26-,27-,29-/m0/s1. The van der Waals surface area contributed by atoms with Gasteiger partial charge in [0.2, 0.25) is 35.4 Å². The number of amides is 6. The molecule has 6 amide bonds. The minimum Gasteiger partial charge on any atom is -0.480 e. The van der Waals surface area contributed by atoms with Crippen molar-refractivity contribution in [2.45, 2.75) is 135 Å². The van der Waals surface area contributed by atoms with Crippen molar-refractivity contribution in [1.82, 2.24) is 36.8 Å². The number of nitrogens with zero attached hydrogens (tertiary/aromatic N) is 1. The molecule has 20 heteroatoms. The maximum absolute atomic E-state index is 13.8. The molecule has 0 aromatic heterocycles. The Hall–Kier alpha value is -4.56. The van der Waals surface area contributed by atoms with Crippen LogP contribution in [0.3, 0.4) is 0 Å². The lowest BCUT2D eigenvalue weighted by Gasteiger charge is -2.28. The third-order valence-electron chi connectivity index (χ3n) is 9.36. The van der Waals surface area contributed by atoms with Crippen molar-refractivity contribution in [1.29, 1.82) is 5.41 Å². The first-order chi connectivity index (χ1) is 26.4. The topological polar surface area (TPSA) is 343 Å². The van der Waals surface area contributed by atoms with E-state index < -0.39 is 84.2 Å². The molecule has 1 heterocycles. The van der Waals surface area contributed by atoms with Crippen LogP contribution in [0.4, 0.5) is 0 Å². The summed E-state index contributed by atoms with van der Waals surface area (Å²) in [6, 6.07) is -6.20. The van der Waals surface area contributed by atoms with Crippen molar-refractivity contribution in [2.24, 2.45) is 34.8 Å². The lowest BCUT2D eigenvalue weighted by atomic mass is 10.00. The zero-order chi connectivity index (χ0) is 42.4. The SMILES string of the molecule is CC(C)C[C@H](NC(=O)[C@H](CCCNC(=N)N)NC(=O)[C@@H](NC(=O)[C@@H](N)CCCCN)C(C)C)C(=O)NCC(=O)N1CCC[C@H]1C(=O)N[C@@H](CCCCN)C(=O)O. The fourth-order valence-corrected chi connectivity index (χ4v) is 6.21. The average molecular weight is 797 g/mol. The maximum Gasteiger partial charge on any atom is 0.326 e. The number of hydrogen-bond donors (Lipinski definition) is 12. The fraction of sp³-hybridized carbons (Fsp3) is 0.778. The molecule has 0 saturated carbocycles. The van der Waals surface area contributed by atoms with E-state index in [4.69, 9.17) is 28.3 Å². The number of hydrogen-bond acceptors (Lipinski definition) is 11. The highest BCUT2D eigenvalue weighted by Crippen LogP contribution is 2.18. The normalized spacial score (nSPS) is 16.6. The lowest BCUT2D eigenvalue weighted by Crippen LogP contribution is -2.59. The molecular weight excluding hydrogens is 728 g/mol. The van der Waals surface area contributed by atoms with E-state index in [1.54, 1.807) is 13.8 Å². The number of likely N-dealkylation sites (tertiary alicyclic amines) is 1. The molecule has 16 N–H and O–H groups in total. The largest absolute Gasteiger partial charge is 0.480 e. The molecule has 56 heavy (non-hydrogen) atoms. The molecule has 20 nitrogen and oxygen atoms in total. The third kappa shape index (κ3) is 18.4. The van der Waals surface area contributed by atoms with Crippen LogP contribution in [0, 0.1) is 17.2 Å². The quantitative estimate of drug-likeness (QED) is 0.0236. The summed E-state index contributed by atoms with van der Waals surface area (Å²) in [5, 5.41) is 32.8. The Kier molecular flexibility index (Phi) is 23.2. The molecule has 0 bridgehead atoms. The second-order valence-corrected chi connectivity index (χ2v) is 15.0. The van der Waals surface area contributed by atoms with Crippen LogP contribution in [0.5, 0.6) is 0 Å². The van der Waals surface area contributed by atoms with E-state index in [-0.39, 0.29) is 50.1 Å². The number of nitrogens with one attached hydrogen (secondary N) is 7. The summed E-state index contributed by atoms with van der Waals surface area (Å²) in [5.74, 6) is -5.56. The van der Waals surface area contributed by atoms with Gasteiger partial charge in [-0.15, -0.1) is 0 Å². The molecule has 0 aliphatic carbocycles. The summed E-state index contributed by atoms with van der Waals surface area (Å²) in [4.78, 5) is 93.1. The highest BCUT2D eigenvalue weighted by Gasteiger charge is 2.37. The molecule has 0 unspecified atom stereocenters. The van der Waals surface area contributed by atoms with Crippen molar-refractivity contribution in [3.8, 4) is 0 Å². The van der Waals surface area contributed by atoms with E-state index in [0.29, 0.717) is 64.5 Å². The summed E-state index contributed by atoms with van der Waals surface area (Å²) in [6.45, 7) is 7.97. The number of carboxylic acids is 1. The van der Waals surface area contributed by atoms with Gasteiger partial charge in [0.1, 0.15) is 30.2 Å². The Balaban J connectivity index is 3.07. The van der Waals surface area contributed by atoms with Gasteiger partial charge in [0.05, 0.1) is 12.6 Å². The first-order valence-corrected chi connectivity index (χ1v) is 19.7. The van der Waals surface area contributed by atoms with E-state index in [2.05, 4.69) is 31.9 Å².